The molecule has 1 N–H and O–H groups in total. The molecule has 1 heterocycles. The van der Waals surface area contributed by atoms with Gasteiger partial charge in [0.15, 0.2) is 0 Å². The molecule has 0 aromatic heterocycles. The van der Waals surface area contributed by atoms with Crippen molar-refractivity contribution in [1.82, 2.24) is 9.21 Å². The van der Waals surface area contributed by atoms with Crippen LogP contribution in [0.15, 0.2) is 47.4 Å². The number of carboxylic acids is 1. The molecule has 1 unspecified atom stereocenters. The van der Waals surface area contributed by atoms with Gasteiger partial charge in [0.2, 0.25) is 15.9 Å². The molecule has 1 atom stereocenters. The van der Waals surface area contributed by atoms with E-state index in [1.165, 1.54) is 18.9 Å². The summed E-state index contributed by atoms with van der Waals surface area (Å²) in [5.41, 5.74) is 0. The SMILES string of the molecule is O=C(O)C1CN(C(=O)C(C2CCCCC2)C2CCCCC2)CCN1S(=O)(=O)c1ccc2ccccc2c1. The van der Waals surface area contributed by atoms with Crippen molar-refractivity contribution >= 4 is 32.7 Å². The number of carboxylic acid groups (broad SMARTS) is 1. The topological polar surface area (TPSA) is 95.0 Å². The molecule has 1 saturated heterocycles. The molecule has 2 aromatic rings. The Hall–Kier alpha value is -2.45. The van der Waals surface area contributed by atoms with Gasteiger partial charge in [0.25, 0.3) is 0 Å². The lowest BCUT2D eigenvalue weighted by atomic mass is 9.69. The summed E-state index contributed by atoms with van der Waals surface area (Å²) in [4.78, 5) is 28.1. The summed E-state index contributed by atoms with van der Waals surface area (Å²) in [7, 11) is -4.04. The Morgan fingerprint density at radius 2 is 1.41 bits per heavy atom. The quantitative estimate of drug-likeness (QED) is 0.578. The van der Waals surface area contributed by atoms with Crippen LogP contribution in [0.5, 0.6) is 0 Å². The third kappa shape index (κ3) is 5.41. The molecule has 0 spiro atoms. The molecule has 0 bridgehead atoms. The highest BCUT2D eigenvalue weighted by molar-refractivity contribution is 7.89. The Kier molecular flexibility index (Phi) is 7.86. The van der Waals surface area contributed by atoms with Crippen LogP contribution in [0, 0.1) is 17.8 Å². The zero-order chi connectivity index (χ0) is 26.0. The van der Waals surface area contributed by atoms with Gasteiger partial charge in [-0.3, -0.25) is 9.59 Å². The number of carbonyl (C=O) groups is 2. The van der Waals surface area contributed by atoms with Gasteiger partial charge in [-0.1, -0.05) is 68.9 Å². The predicted molar refractivity (Wildman–Crippen MR) is 142 cm³/mol. The van der Waals surface area contributed by atoms with Crippen molar-refractivity contribution in [3.05, 3.63) is 42.5 Å². The van der Waals surface area contributed by atoms with E-state index in [1.54, 1.807) is 17.0 Å². The Morgan fingerprint density at radius 1 is 0.811 bits per heavy atom. The monoisotopic (exact) mass is 526 g/mol. The first kappa shape index (κ1) is 26.2. The second-order valence-corrected chi connectivity index (χ2v) is 13.0. The number of benzene rings is 2. The molecule has 3 aliphatic rings. The molecular formula is C29H38N2O5S. The first-order valence-electron chi connectivity index (χ1n) is 13.9. The third-order valence-corrected chi connectivity index (χ3v) is 10.8. The largest absolute Gasteiger partial charge is 0.480 e. The van der Waals surface area contributed by atoms with Crippen molar-refractivity contribution < 1.29 is 23.1 Å². The lowest BCUT2D eigenvalue weighted by molar-refractivity contribution is -0.149. The van der Waals surface area contributed by atoms with E-state index in [0.717, 1.165) is 66.4 Å². The second-order valence-electron chi connectivity index (χ2n) is 11.1. The highest BCUT2D eigenvalue weighted by Crippen LogP contribution is 2.41. The number of carbonyl (C=O) groups excluding carboxylic acids is 1. The smallest absolute Gasteiger partial charge is 0.323 e. The van der Waals surface area contributed by atoms with E-state index in [2.05, 4.69) is 0 Å². The lowest BCUT2D eigenvalue weighted by Crippen LogP contribution is -2.60. The van der Waals surface area contributed by atoms with Crippen LogP contribution in [0.3, 0.4) is 0 Å². The molecular weight excluding hydrogens is 488 g/mol. The van der Waals surface area contributed by atoms with Crippen LogP contribution < -0.4 is 0 Å². The number of amides is 1. The van der Waals surface area contributed by atoms with Crippen molar-refractivity contribution in [2.75, 3.05) is 19.6 Å². The molecule has 7 nitrogen and oxygen atoms in total. The molecule has 37 heavy (non-hydrogen) atoms. The summed E-state index contributed by atoms with van der Waals surface area (Å²) in [5.74, 6) is -0.528. The average molecular weight is 527 g/mol. The molecule has 3 fully saturated rings. The molecule has 1 amide bonds. The predicted octanol–water partition coefficient (Wildman–Crippen LogP) is 4.90. The van der Waals surface area contributed by atoms with E-state index in [-0.39, 0.29) is 36.4 Å². The minimum Gasteiger partial charge on any atom is -0.480 e. The highest BCUT2D eigenvalue weighted by Gasteiger charge is 2.45. The summed E-state index contributed by atoms with van der Waals surface area (Å²) >= 11 is 0. The van der Waals surface area contributed by atoms with E-state index < -0.39 is 22.0 Å². The molecule has 0 radical (unpaired) electrons. The fourth-order valence-electron chi connectivity index (χ4n) is 6.90. The first-order chi connectivity index (χ1) is 17.9. The summed E-state index contributed by atoms with van der Waals surface area (Å²) < 4.78 is 28.3. The van der Waals surface area contributed by atoms with Crippen molar-refractivity contribution in [1.29, 1.82) is 0 Å². The van der Waals surface area contributed by atoms with E-state index in [1.807, 2.05) is 24.3 Å². The Balaban J connectivity index is 1.38. The van der Waals surface area contributed by atoms with Crippen molar-refractivity contribution in [3.8, 4) is 0 Å². The van der Waals surface area contributed by atoms with Crippen LogP contribution in [0.25, 0.3) is 10.8 Å². The fraction of sp³-hybridized carbons (Fsp3) is 0.586. The van der Waals surface area contributed by atoms with Gasteiger partial charge < -0.3 is 10.0 Å². The molecule has 2 aromatic carbocycles. The number of sulfonamides is 1. The Bertz CT molecular complexity index is 1220. The standard InChI is InChI=1S/C29H38N2O5S/c32-28(27(22-10-3-1-4-11-22)23-12-5-2-6-13-23)30-17-18-31(26(20-30)29(33)34)37(35,36)25-16-15-21-9-7-8-14-24(21)19-25/h7-9,14-16,19,22-23,26-27H,1-6,10-13,17-18,20H2,(H,33,34). The number of aliphatic carboxylic acids is 1. The molecule has 5 rings (SSSR count). The van der Waals surface area contributed by atoms with Crippen molar-refractivity contribution in [2.45, 2.75) is 75.1 Å². The molecule has 200 valence electrons. The number of hydrogen-bond donors (Lipinski definition) is 1. The fourth-order valence-corrected chi connectivity index (χ4v) is 8.50. The Morgan fingerprint density at radius 3 is 2.00 bits per heavy atom. The minimum atomic E-state index is -4.04. The maximum absolute atomic E-state index is 14.0. The molecule has 8 heteroatoms. The summed E-state index contributed by atoms with van der Waals surface area (Å²) in [6.07, 6.45) is 11.3. The van der Waals surface area contributed by atoms with E-state index in [0.29, 0.717) is 11.8 Å². The van der Waals surface area contributed by atoms with Crippen molar-refractivity contribution in [3.63, 3.8) is 0 Å². The normalized spacial score (nSPS) is 22.9. The highest BCUT2D eigenvalue weighted by atomic mass is 32.2. The van der Waals surface area contributed by atoms with Crippen molar-refractivity contribution in [2.24, 2.45) is 17.8 Å². The summed E-state index contributed by atoms with van der Waals surface area (Å²) in [6, 6.07) is 11.1. The number of nitrogens with zero attached hydrogens (tertiary/aromatic N) is 2. The van der Waals surface area contributed by atoms with Gasteiger partial charge in [0.05, 0.1) is 4.90 Å². The van der Waals surface area contributed by atoms with Gasteiger partial charge in [0, 0.05) is 25.6 Å². The zero-order valence-electron chi connectivity index (χ0n) is 21.4. The number of piperazine rings is 1. The average Bonchev–Trinajstić information content (AvgIpc) is 2.93. The van der Waals surface area contributed by atoms with Gasteiger partial charge in [0.1, 0.15) is 6.04 Å². The molecule has 2 aliphatic carbocycles. The lowest BCUT2D eigenvalue weighted by Gasteiger charge is -2.43. The summed E-state index contributed by atoms with van der Waals surface area (Å²) in [6.45, 7) is 0.113. The van der Waals surface area contributed by atoms with Gasteiger partial charge in [-0.2, -0.15) is 4.31 Å². The first-order valence-corrected chi connectivity index (χ1v) is 15.3. The van der Waals surface area contributed by atoms with Gasteiger partial charge in [-0.15, -0.1) is 0 Å². The second kappa shape index (κ2) is 11.1. The number of hydrogen-bond acceptors (Lipinski definition) is 4. The van der Waals surface area contributed by atoms with Crippen LogP contribution in [-0.4, -0.2) is 60.3 Å². The maximum Gasteiger partial charge on any atom is 0.323 e. The Labute approximate surface area is 219 Å². The third-order valence-electron chi connectivity index (χ3n) is 8.86. The van der Waals surface area contributed by atoms with Crippen LogP contribution in [-0.2, 0) is 19.6 Å². The van der Waals surface area contributed by atoms with E-state index in [9.17, 15) is 23.1 Å². The van der Waals surface area contributed by atoms with Crippen LogP contribution >= 0.6 is 0 Å². The number of rotatable bonds is 6. The van der Waals surface area contributed by atoms with Gasteiger partial charge in [-0.25, -0.2) is 8.42 Å². The summed E-state index contributed by atoms with van der Waals surface area (Å²) in [5, 5.41) is 11.8. The zero-order valence-corrected chi connectivity index (χ0v) is 22.2. The molecule has 2 saturated carbocycles. The van der Waals surface area contributed by atoms with E-state index >= 15 is 0 Å². The van der Waals surface area contributed by atoms with Gasteiger partial charge in [-0.05, 0) is 60.4 Å². The number of fused-ring (bicyclic) bond motifs is 1. The van der Waals surface area contributed by atoms with Crippen LogP contribution in [0.2, 0.25) is 0 Å². The minimum absolute atomic E-state index is 0.0140. The van der Waals surface area contributed by atoms with E-state index in [4.69, 9.17) is 0 Å². The van der Waals surface area contributed by atoms with Crippen LogP contribution in [0.1, 0.15) is 64.2 Å². The van der Waals surface area contributed by atoms with Crippen LogP contribution in [0.4, 0.5) is 0 Å². The molecule has 1 aliphatic heterocycles. The maximum atomic E-state index is 14.0. The van der Waals surface area contributed by atoms with Gasteiger partial charge >= 0.3 is 5.97 Å².